The van der Waals surface area contributed by atoms with E-state index in [9.17, 15) is 9.18 Å². The summed E-state index contributed by atoms with van der Waals surface area (Å²) >= 11 is 10.3. The zero-order chi connectivity index (χ0) is 22.2. The van der Waals surface area contributed by atoms with E-state index in [4.69, 9.17) is 17.0 Å². The van der Waals surface area contributed by atoms with Gasteiger partial charge in [0.15, 0.2) is 0 Å². The molecule has 0 radical (unpaired) electrons. The van der Waals surface area contributed by atoms with Gasteiger partial charge in [-0.05, 0) is 43.2 Å². The fraction of sp³-hybridized carbons (Fsp3) is 0.250. The summed E-state index contributed by atoms with van der Waals surface area (Å²) in [6.07, 6.45) is 5.88. The molecule has 4 nitrogen and oxygen atoms in total. The van der Waals surface area contributed by atoms with Crippen LogP contribution in [-0.4, -0.2) is 39.0 Å². The zero-order valence-corrected chi connectivity index (χ0v) is 20.3. The van der Waals surface area contributed by atoms with Crippen molar-refractivity contribution in [2.75, 3.05) is 13.2 Å². The van der Waals surface area contributed by atoms with Gasteiger partial charge in [-0.15, -0.1) is 0 Å². The second-order valence-corrected chi connectivity index (χ2v) is 10.5. The van der Waals surface area contributed by atoms with Crippen molar-refractivity contribution in [2.24, 2.45) is 0 Å². The predicted octanol–water partition coefficient (Wildman–Crippen LogP) is 5.97. The van der Waals surface area contributed by atoms with E-state index in [0.29, 0.717) is 27.9 Å². The number of aromatic nitrogens is 1. The van der Waals surface area contributed by atoms with E-state index in [1.165, 1.54) is 17.8 Å². The Morgan fingerprint density at radius 3 is 2.91 bits per heavy atom. The summed E-state index contributed by atoms with van der Waals surface area (Å²) in [5, 5.41) is 0.986. The number of halogens is 2. The van der Waals surface area contributed by atoms with Crippen molar-refractivity contribution in [3.8, 4) is 0 Å². The molecule has 1 atom stereocenters. The first kappa shape index (κ1) is 21.8. The van der Waals surface area contributed by atoms with Crippen LogP contribution in [0.3, 0.4) is 0 Å². The lowest BCUT2D eigenvalue weighted by Crippen LogP contribution is -2.35. The largest absolute Gasteiger partial charge is 0.376 e. The van der Waals surface area contributed by atoms with E-state index < -0.39 is 0 Å². The lowest BCUT2D eigenvalue weighted by Gasteiger charge is -2.18. The van der Waals surface area contributed by atoms with Gasteiger partial charge in [0, 0.05) is 39.3 Å². The number of benzene rings is 2. The average Bonchev–Trinajstić information content (AvgIpc) is 3.46. The Labute approximate surface area is 203 Å². The zero-order valence-electron chi connectivity index (χ0n) is 17.1. The fourth-order valence-corrected chi connectivity index (χ4v) is 5.77. The molecular weight excluding hydrogens is 511 g/mol. The van der Waals surface area contributed by atoms with Crippen molar-refractivity contribution >= 4 is 67.1 Å². The molecule has 5 rings (SSSR count). The first-order chi connectivity index (χ1) is 15.5. The maximum absolute atomic E-state index is 14.3. The van der Waals surface area contributed by atoms with Crippen molar-refractivity contribution in [1.29, 1.82) is 0 Å². The van der Waals surface area contributed by atoms with Crippen molar-refractivity contribution in [1.82, 2.24) is 9.47 Å². The summed E-state index contributed by atoms with van der Waals surface area (Å²) in [6.45, 7) is 1.65. The first-order valence-electron chi connectivity index (χ1n) is 10.4. The van der Waals surface area contributed by atoms with Gasteiger partial charge >= 0.3 is 0 Å². The molecule has 2 saturated heterocycles. The summed E-state index contributed by atoms with van der Waals surface area (Å²) in [5.74, 6) is -0.316. The standard InChI is InChI=1S/C24H20BrFN2O2S2/c25-17-7-8-21-19(11-17)16(13-27(21)12-15-4-1-2-6-20(15)26)10-22-23(29)28(24(31)32-22)14-18-5-3-9-30-18/h1-2,4,6-8,10-11,13,18H,3,5,9,12,14H2/b22-10-/t18-/m0/s1. The van der Waals surface area contributed by atoms with Crippen LogP contribution in [-0.2, 0) is 16.1 Å². The number of thioether (sulfide) groups is 1. The monoisotopic (exact) mass is 530 g/mol. The molecule has 2 fully saturated rings. The molecular formula is C24H20BrFN2O2S2. The number of fused-ring (bicyclic) bond motifs is 1. The molecule has 0 saturated carbocycles. The van der Waals surface area contributed by atoms with Crippen LogP contribution in [0, 0.1) is 5.82 Å². The van der Waals surface area contributed by atoms with Gasteiger partial charge in [0.2, 0.25) is 0 Å². The smallest absolute Gasteiger partial charge is 0.266 e. The fourth-order valence-electron chi connectivity index (χ4n) is 4.14. The van der Waals surface area contributed by atoms with Gasteiger partial charge in [-0.1, -0.05) is 58.1 Å². The summed E-state index contributed by atoms with van der Waals surface area (Å²) in [6, 6.07) is 12.8. The molecule has 2 aromatic carbocycles. The molecule has 2 aliphatic rings. The third kappa shape index (κ3) is 4.29. The van der Waals surface area contributed by atoms with E-state index in [1.54, 1.807) is 17.0 Å². The molecule has 164 valence electrons. The molecule has 3 heterocycles. The number of amides is 1. The lowest BCUT2D eigenvalue weighted by atomic mass is 10.1. The molecule has 1 amide bonds. The second kappa shape index (κ2) is 9.09. The van der Waals surface area contributed by atoms with Crippen LogP contribution in [0.15, 0.2) is 58.0 Å². The molecule has 0 N–H and O–H groups in total. The van der Waals surface area contributed by atoms with Crippen LogP contribution >= 0.6 is 39.9 Å². The van der Waals surface area contributed by atoms with Gasteiger partial charge in [-0.3, -0.25) is 9.69 Å². The van der Waals surface area contributed by atoms with Crippen LogP contribution in [0.5, 0.6) is 0 Å². The summed E-state index contributed by atoms with van der Waals surface area (Å²) in [7, 11) is 0. The second-order valence-electron chi connectivity index (χ2n) is 7.89. The Balaban J connectivity index is 1.49. The topological polar surface area (TPSA) is 34.5 Å². The van der Waals surface area contributed by atoms with Crippen molar-refractivity contribution < 1.29 is 13.9 Å². The first-order valence-corrected chi connectivity index (χ1v) is 12.4. The van der Waals surface area contributed by atoms with Crippen LogP contribution in [0.2, 0.25) is 0 Å². The number of nitrogens with zero attached hydrogens (tertiary/aromatic N) is 2. The number of hydrogen-bond donors (Lipinski definition) is 0. The summed E-state index contributed by atoms with van der Waals surface area (Å²) in [4.78, 5) is 15.3. The number of carbonyl (C=O) groups excluding carboxylic acids is 1. The number of ether oxygens (including phenoxy) is 1. The maximum atomic E-state index is 14.3. The van der Waals surface area contributed by atoms with Gasteiger partial charge in [0.1, 0.15) is 10.1 Å². The lowest BCUT2D eigenvalue weighted by molar-refractivity contribution is -0.123. The average molecular weight is 531 g/mol. The quantitative estimate of drug-likeness (QED) is 0.300. The van der Waals surface area contributed by atoms with E-state index in [1.807, 2.05) is 41.1 Å². The van der Waals surface area contributed by atoms with Crippen LogP contribution in [0.4, 0.5) is 4.39 Å². The summed E-state index contributed by atoms with van der Waals surface area (Å²) in [5.41, 5.74) is 2.48. The SMILES string of the molecule is O=C1/C(=C/c2cn(Cc3ccccc3F)c3ccc(Br)cc23)SC(=S)N1C[C@@H]1CCCO1. The minimum absolute atomic E-state index is 0.0514. The van der Waals surface area contributed by atoms with Crippen LogP contribution in [0.1, 0.15) is 24.0 Å². The minimum atomic E-state index is -0.233. The molecule has 8 heteroatoms. The Bertz CT molecular complexity index is 1250. The number of rotatable bonds is 5. The number of thiocarbonyl (C=S) groups is 1. The van der Waals surface area contributed by atoms with Gasteiger partial charge in [-0.2, -0.15) is 0 Å². The molecule has 0 bridgehead atoms. The molecule has 0 unspecified atom stereocenters. The Morgan fingerprint density at radius 1 is 1.28 bits per heavy atom. The third-order valence-corrected chi connectivity index (χ3v) is 7.61. The molecule has 0 aliphatic carbocycles. The van der Waals surface area contributed by atoms with E-state index in [0.717, 1.165) is 40.4 Å². The molecule has 32 heavy (non-hydrogen) atoms. The van der Waals surface area contributed by atoms with E-state index in [-0.39, 0.29) is 17.8 Å². The van der Waals surface area contributed by atoms with Crippen LogP contribution in [0.25, 0.3) is 17.0 Å². The number of carbonyl (C=O) groups is 1. The van der Waals surface area contributed by atoms with Crippen molar-refractivity contribution in [3.05, 3.63) is 75.0 Å². The molecule has 1 aromatic heterocycles. The Kier molecular flexibility index (Phi) is 6.20. The molecule has 3 aromatic rings. The maximum Gasteiger partial charge on any atom is 0.266 e. The third-order valence-electron chi connectivity index (χ3n) is 5.74. The van der Waals surface area contributed by atoms with Crippen molar-refractivity contribution in [2.45, 2.75) is 25.5 Å². The van der Waals surface area contributed by atoms with Gasteiger partial charge in [0.25, 0.3) is 5.91 Å². The van der Waals surface area contributed by atoms with Crippen LogP contribution < -0.4 is 0 Å². The minimum Gasteiger partial charge on any atom is -0.376 e. The molecule has 0 spiro atoms. The van der Waals surface area contributed by atoms with Gasteiger partial charge < -0.3 is 9.30 Å². The normalized spacial score (nSPS) is 20.2. The highest BCUT2D eigenvalue weighted by molar-refractivity contribution is 9.10. The van der Waals surface area contributed by atoms with Crippen molar-refractivity contribution in [3.63, 3.8) is 0 Å². The number of hydrogen-bond acceptors (Lipinski definition) is 4. The molecule has 2 aliphatic heterocycles. The van der Waals surface area contributed by atoms with E-state index in [2.05, 4.69) is 15.9 Å². The van der Waals surface area contributed by atoms with E-state index >= 15 is 0 Å². The Morgan fingerprint density at radius 2 is 2.12 bits per heavy atom. The Hall–Kier alpha value is -2.00. The van der Waals surface area contributed by atoms with Gasteiger partial charge in [0.05, 0.1) is 24.1 Å². The summed E-state index contributed by atoms with van der Waals surface area (Å²) < 4.78 is 23.5. The van der Waals surface area contributed by atoms with Gasteiger partial charge in [-0.25, -0.2) is 4.39 Å². The highest BCUT2D eigenvalue weighted by Crippen LogP contribution is 2.36. The highest BCUT2D eigenvalue weighted by Gasteiger charge is 2.34. The predicted molar refractivity (Wildman–Crippen MR) is 134 cm³/mol. The highest BCUT2D eigenvalue weighted by atomic mass is 79.9.